The minimum atomic E-state index is -2.91. The van der Waals surface area contributed by atoms with E-state index >= 15 is 0 Å². The van der Waals surface area contributed by atoms with E-state index in [0.717, 1.165) is 22.5 Å². The fraction of sp³-hybridized carbons (Fsp3) is 0.360. The number of aromatic nitrogens is 2. The van der Waals surface area contributed by atoms with Crippen LogP contribution in [0.4, 0.5) is 0 Å². The number of hydrogen-bond acceptors (Lipinski definition) is 5. The van der Waals surface area contributed by atoms with Gasteiger partial charge in [0, 0.05) is 54.6 Å². The quantitative estimate of drug-likeness (QED) is 0.540. The van der Waals surface area contributed by atoms with Gasteiger partial charge in [0.25, 0.3) is 0 Å². The Morgan fingerprint density at radius 1 is 1.00 bits per heavy atom. The van der Waals surface area contributed by atoms with Gasteiger partial charge in [-0.25, -0.2) is 13.1 Å². The van der Waals surface area contributed by atoms with Gasteiger partial charge in [0.2, 0.25) is 5.91 Å². The van der Waals surface area contributed by atoms with Crippen LogP contribution in [0.3, 0.4) is 0 Å². The molecule has 3 aromatic rings. The van der Waals surface area contributed by atoms with Gasteiger partial charge in [0.1, 0.15) is 0 Å². The van der Waals surface area contributed by atoms with E-state index < -0.39 is 9.84 Å². The Bertz CT molecular complexity index is 1270. The number of carbonyl (C=O) groups excluding carboxylic acids is 1. The van der Waals surface area contributed by atoms with E-state index in [0.29, 0.717) is 37.6 Å². The highest BCUT2D eigenvalue weighted by Gasteiger charge is 2.34. The molecule has 178 valence electrons. The summed E-state index contributed by atoms with van der Waals surface area (Å²) in [5.41, 5.74) is 3.47. The van der Waals surface area contributed by atoms with Crippen molar-refractivity contribution >= 4 is 27.3 Å². The smallest absolute Gasteiger partial charge is 0.227 e. The Balaban J connectivity index is 1.32. The van der Waals surface area contributed by atoms with Gasteiger partial charge in [0.15, 0.2) is 9.84 Å². The molecule has 2 aromatic carbocycles. The monoisotopic (exact) mass is 498 g/mol. The van der Waals surface area contributed by atoms with Gasteiger partial charge >= 0.3 is 0 Å². The number of para-hydroxylation sites is 1. The number of nitrogens with zero attached hydrogens (tertiary/aromatic N) is 4. The van der Waals surface area contributed by atoms with Crippen molar-refractivity contribution in [3.8, 4) is 16.9 Å². The Morgan fingerprint density at radius 3 is 2.35 bits per heavy atom. The molecule has 5 rings (SSSR count). The lowest BCUT2D eigenvalue weighted by Crippen LogP contribution is -2.52. The number of piperazine rings is 1. The summed E-state index contributed by atoms with van der Waals surface area (Å²) in [6.07, 6.45) is 2.87. The van der Waals surface area contributed by atoms with Crippen molar-refractivity contribution < 1.29 is 13.2 Å². The highest BCUT2D eigenvalue weighted by Crippen LogP contribution is 2.26. The Morgan fingerprint density at radius 2 is 1.71 bits per heavy atom. The minimum absolute atomic E-state index is 0.0570. The van der Waals surface area contributed by atoms with Crippen LogP contribution in [-0.2, 0) is 21.1 Å². The predicted octanol–water partition coefficient (Wildman–Crippen LogP) is 3.07. The van der Waals surface area contributed by atoms with Gasteiger partial charge in [-0.15, -0.1) is 0 Å². The first-order valence-corrected chi connectivity index (χ1v) is 13.7. The maximum absolute atomic E-state index is 13.2. The number of hydrogen-bond donors (Lipinski definition) is 0. The van der Waals surface area contributed by atoms with Crippen LogP contribution >= 0.6 is 11.6 Å². The van der Waals surface area contributed by atoms with Gasteiger partial charge < -0.3 is 4.90 Å². The van der Waals surface area contributed by atoms with Crippen LogP contribution in [0.15, 0.2) is 60.8 Å². The predicted molar refractivity (Wildman–Crippen MR) is 133 cm³/mol. The van der Waals surface area contributed by atoms with Gasteiger partial charge in [-0.05, 0) is 30.7 Å². The van der Waals surface area contributed by atoms with E-state index in [2.05, 4.69) is 4.90 Å². The van der Waals surface area contributed by atoms with Gasteiger partial charge in [0.05, 0.1) is 29.3 Å². The van der Waals surface area contributed by atoms with Crippen molar-refractivity contribution in [2.24, 2.45) is 0 Å². The zero-order valence-corrected chi connectivity index (χ0v) is 20.4. The third-order valence-corrected chi connectivity index (χ3v) is 8.66. The Labute approximate surface area is 204 Å². The fourth-order valence-corrected chi connectivity index (χ4v) is 6.66. The molecule has 0 N–H and O–H groups in total. The SMILES string of the molecule is O=C(Cc1cn(-c2ccccc2)nc1-c1ccc(Cl)cc1)N1CCN([C@H]2CCS(=O)(=O)C2)CC1. The number of halogens is 1. The summed E-state index contributed by atoms with van der Waals surface area (Å²) < 4.78 is 25.5. The molecule has 2 saturated heterocycles. The van der Waals surface area contributed by atoms with E-state index in [4.69, 9.17) is 16.7 Å². The largest absolute Gasteiger partial charge is 0.340 e. The Hall–Kier alpha value is -2.68. The van der Waals surface area contributed by atoms with E-state index in [1.807, 2.05) is 70.4 Å². The first kappa shape index (κ1) is 23.1. The second-order valence-corrected chi connectivity index (χ2v) is 11.6. The highest BCUT2D eigenvalue weighted by atomic mass is 35.5. The zero-order chi connectivity index (χ0) is 23.7. The van der Waals surface area contributed by atoms with Gasteiger partial charge in [-0.1, -0.05) is 41.9 Å². The molecule has 2 aliphatic rings. The standard InChI is InChI=1S/C25H27ClN4O3S/c26-21-8-6-19(7-9-21)25-20(17-30(27-25)22-4-2-1-3-5-22)16-24(31)29-13-11-28(12-14-29)23-10-15-34(32,33)18-23/h1-9,17,23H,10-16,18H2/t23-/m0/s1. The third kappa shape index (κ3) is 5.04. The summed E-state index contributed by atoms with van der Waals surface area (Å²) in [4.78, 5) is 17.3. The van der Waals surface area contributed by atoms with E-state index in [1.54, 1.807) is 0 Å². The second-order valence-electron chi connectivity index (χ2n) is 8.94. The molecular weight excluding hydrogens is 472 g/mol. The average Bonchev–Trinajstić information content (AvgIpc) is 3.43. The summed E-state index contributed by atoms with van der Waals surface area (Å²) in [7, 11) is -2.91. The summed E-state index contributed by atoms with van der Waals surface area (Å²) in [5.74, 6) is 0.571. The molecule has 0 spiro atoms. The van der Waals surface area contributed by atoms with Crippen LogP contribution in [0.1, 0.15) is 12.0 Å². The highest BCUT2D eigenvalue weighted by molar-refractivity contribution is 7.91. The van der Waals surface area contributed by atoms with Crippen molar-refractivity contribution in [2.45, 2.75) is 18.9 Å². The Kier molecular flexibility index (Phi) is 6.46. The molecule has 0 saturated carbocycles. The zero-order valence-electron chi connectivity index (χ0n) is 18.8. The third-order valence-electron chi connectivity index (χ3n) is 6.66. The first-order chi connectivity index (χ1) is 16.4. The van der Waals surface area contributed by atoms with Crippen molar-refractivity contribution in [1.82, 2.24) is 19.6 Å². The van der Waals surface area contributed by atoms with Crippen LogP contribution < -0.4 is 0 Å². The summed E-state index contributed by atoms with van der Waals surface area (Å²) in [6, 6.07) is 17.4. The topological polar surface area (TPSA) is 75.5 Å². The molecule has 0 radical (unpaired) electrons. The van der Waals surface area contributed by atoms with Crippen LogP contribution in [-0.4, -0.2) is 77.6 Å². The molecular formula is C25H27ClN4O3S. The van der Waals surface area contributed by atoms with Crippen LogP contribution in [0.25, 0.3) is 16.9 Å². The molecule has 3 heterocycles. The average molecular weight is 499 g/mol. The molecule has 9 heteroatoms. The van der Waals surface area contributed by atoms with Crippen LogP contribution in [0.5, 0.6) is 0 Å². The maximum Gasteiger partial charge on any atom is 0.227 e. The lowest BCUT2D eigenvalue weighted by Gasteiger charge is -2.37. The second kappa shape index (κ2) is 9.52. The fourth-order valence-electron chi connectivity index (χ4n) is 4.78. The number of rotatable bonds is 5. The van der Waals surface area contributed by atoms with Crippen molar-refractivity contribution in [3.63, 3.8) is 0 Å². The van der Waals surface area contributed by atoms with Gasteiger partial charge in [-0.2, -0.15) is 5.10 Å². The molecule has 1 aromatic heterocycles. The summed E-state index contributed by atoms with van der Waals surface area (Å²) in [5, 5.41) is 5.44. The number of amides is 1. The van der Waals surface area contributed by atoms with E-state index in [1.165, 1.54) is 0 Å². The molecule has 1 atom stereocenters. The minimum Gasteiger partial charge on any atom is -0.340 e. The van der Waals surface area contributed by atoms with Crippen molar-refractivity contribution in [1.29, 1.82) is 0 Å². The molecule has 2 fully saturated rings. The molecule has 1 amide bonds. The maximum atomic E-state index is 13.2. The van der Waals surface area contributed by atoms with Crippen molar-refractivity contribution in [2.75, 3.05) is 37.7 Å². The van der Waals surface area contributed by atoms with Gasteiger partial charge in [-0.3, -0.25) is 9.69 Å². The van der Waals surface area contributed by atoms with Crippen LogP contribution in [0.2, 0.25) is 5.02 Å². The first-order valence-electron chi connectivity index (χ1n) is 11.5. The molecule has 0 unspecified atom stereocenters. The molecule has 0 bridgehead atoms. The van der Waals surface area contributed by atoms with Crippen LogP contribution in [0, 0.1) is 0 Å². The number of carbonyl (C=O) groups is 1. The number of sulfone groups is 1. The van der Waals surface area contributed by atoms with E-state index in [-0.39, 0.29) is 29.9 Å². The summed E-state index contributed by atoms with van der Waals surface area (Å²) in [6.45, 7) is 2.63. The lowest BCUT2D eigenvalue weighted by atomic mass is 10.1. The molecule has 34 heavy (non-hydrogen) atoms. The van der Waals surface area contributed by atoms with Crippen molar-refractivity contribution in [3.05, 3.63) is 71.4 Å². The number of benzene rings is 2. The lowest BCUT2D eigenvalue weighted by molar-refractivity contribution is -0.132. The molecule has 7 nitrogen and oxygen atoms in total. The van der Waals surface area contributed by atoms with E-state index in [9.17, 15) is 13.2 Å². The molecule has 0 aliphatic carbocycles. The normalized spacial score (nSPS) is 20.5. The summed E-state index contributed by atoms with van der Waals surface area (Å²) >= 11 is 6.08. The molecule has 2 aliphatic heterocycles.